The maximum atomic E-state index is 12.9. The average molecular weight is 260 g/mol. The molecule has 0 aromatic heterocycles. The first-order valence-corrected chi connectivity index (χ1v) is 6.12. The number of para-hydroxylation sites is 1. The Morgan fingerprint density at radius 2 is 1.83 bits per heavy atom. The van der Waals surface area contributed by atoms with Crippen molar-refractivity contribution >= 4 is 5.69 Å². The van der Waals surface area contributed by atoms with Gasteiger partial charge in [0.25, 0.3) is 0 Å². The summed E-state index contributed by atoms with van der Waals surface area (Å²) in [5, 5.41) is 0. The highest BCUT2D eigenvalue weighted by Crippen LogP contribution is 2.36. The van der Waals surface area contributed by atoms with Gasteiger partial charge >= 0.3 is 6.18 Å². The fourth-order valence-corrected chi connectivity index (χ4v) is 1.85. The second-order valence-corrected chi connectivity index (χ2v) is 4.14. The van der Waals surface area contributed by atoms with Crippen molar-refractivity contribution in [1.82, 2.24) is 0 Å². The van der Waals surface area contributed by atoms with Crippen molar-refractivity contribution in [2.45, 2.75) is 25.9 Å². The lowest BCUT2D eigenvalue weighted by molar-refractivity contribution is -0.137. The quantitative estimate of drug-likeness (QED) is 0.850. The van der Waals surface area contributed by atoms with Crippen LogP contribution >= 0.6 is 0 Å². The lowest BCUT2D eigenvalue weighted by Gasteiger charge is -2.27. The van der Waals surface area contributed by atoms with Gasteiger partial charge in [-0.05, 0) is 18.6 Å². The van der Waals surface area contributed by atoms with Gasteiger partial charge in [-0.3, -0.25) is 0 Å². The molecule has 0 aliphatic heterocycles. The minimum Gasteiger partial charge on any atom is -0.370 e. The molecule has 1 aromatic rings. The minimum atomic E-state index is -4.32. The van der Waals surface area contributed by atoms with E-state index in [9.17, 15) is 13.2 Å². The number of halogens is 3. The monoisotopic (exact) mass is 260 g/mol. The number of unbranched alkanes of at least 4 members (excludes halogenated alkanes) is 1. The number of alkyl halides is 3. The molecule has 0 heterocycles. The summed E-state index contributed by atoms with van der Waals surface area (Å²) in [4.78, 5) is 1.71. The molecule has 2 N–H and O–H groups in total. The number of nitrogens with zero attached hydrogens (tertiary/aromatic N) is 1. The van der Waals surface area contributed by atoms with Gasteiger partial charge in [-0.1, -0.05) is 25.5 Å². The van der Waals surface area contributed by atoms with E-state index in [1.54, 1.807) is 11.0 Å². The van der Waals surface area contributed by atoms with Crippen LogP contribution in [0.25, 0.3) is 0 Å². The highest BCUT2D eigenvalue weighted by atomic mass is 19.4. The number of nitrogens with two attached hydrogens (primary N) is 1. The van der Waals surface area contributed by atoms with Crippen molar-refractivity contribution in [2.75, 3.05) is 24.5 Å². The first-order valence-electron chi connectivity index (χ1n) is 6.12. The second kappa shape index (κ2) is 6.64. The molecule has 0 amide bonds. The fourth-order valence-electron chi connectivity index (χ4n) is 1.85. The minimum absolute atomic E-state index is 0.226. The average Bonchev–Trinajstić information content (AvgIpc) is 2.33. The number of hydrogen-bond donors (Lipinski definition) is 1. The molecule has 0 fully saturated rings. The Hall–Kier alpha value is -1.23. The zero-order valence-electron chi connectivity index (χ0n) is 10.5. The topological polar surface area (TPSA) is 29.3 Å². The molecule has 0 bridgehead atoms. The number of anilines is 1. The molecule has 0 saturated carbocycles. The summed E-state index contributed by atoms with van der Waals surface area (Å²) < 4.78 is 38.7. The SMILES string of the molecule is CCCCN(CCN)c1ccccc1C(F)(F)F. The molecule has 0 radical (unpaired) electrons. The first kappa shape index (κ1) is 14.8. The van der Waals surface area contributed by atoms with Crippen LogP contribution in [0.2, 0.25) is 0 Å². The van der Waals surface area contributed by atoms with E-state index in [-0.39, 0.29) is 5.69 Å². The summed E-state index contributed by atoms with van der Waals surface area (Å²) in [5.41, 5.74) is 5.11. The van der Waals surface area contributed by atoms with Crippen LogP contribution in [0.3, 0.4) is 0 Å². The lowest BCUT2D eigenvalue weighted by Crippen LogP contribution is -2.32. The van der Waals surface area contributed by atoms with E-state index in [1.807, 2.05) is 6.92 Å². The Kier molecular flexibility index (Phi) is 5.47. The Morgan fingerprint density at radius 3 is 2.39 bits per heavy atom. The Morgan fingerprint density at radius 1 is 1.17 bits per heavy atom. The molecule has 0 aliphatic rings. The highest BCUT2D eigenvalue weighted by molar-refractivity contribution is 5.55. The van der Waals surface area contributed by atoms with Gasteiger partial charge in [0.1, 0.15) is 0 Å². The molecule has 5 heteroatoms. The zero-order valence-corrected chi connectivity index (χ0v) is 10.5. The zero-order chi connectivity index (χ0) is 13.6. The molecule has 1 aromatic carbocycles. The summed E-state index contributed by atoms with van der Waals surface area (Å²) >= 11 is 0. The van der Waals surface area contributed by atoms with Crippen LogP contribution < -0.4 is 10.6 Å². The summed E-state index contributed by atoms with van der Waals surface area (Å²) in [6.07, 6.45) is -2.53. The van der Waals surface area contributed by atoms with Crippen LogP contribution in [0.15, 0.2) is 24.3 Å². The molecule has 0 unspecified atom stereocenters. The molecule has 18 heavy (non-hydrogen) atoms. The van der Waals surface area contributed by atoms with Crippen LogP contribution in [0, 0.1) is 0 Å². The third-order valence-corrected chi connectivity index (χ3v) is 2.73. The Balaban J connectivity index is 3.03. The van der Waals surface area contributed by atoms with E-state index in [2.05, 4.69) is 0 Å². The van der Waals surface area contributed by atoms with Gasteiger partial charge in [-0.15, -0.1) is 0 Å². The summed E-state index contributed by atoms with van der Waals surface area (Å²) in [5.74, 6) is 0. The van der Waals surface area contributed by atoms with Crippen LogP contribution in [0.5, 0.6) is 0 Å². The maximum absolute atomic E-state index is 12.9. The third-order valence-electron chi connectivity index (χ3n) is 2.73. The van der Waals surface area contributed by atoms with Crippen LogP contribution in [-0.4, -0.2) is 19.6 Å². The smallest absolute Gasteiger partial charge is 0.370 e. The maximum Gasteiger partial charge on any atom is 0.418 e. The van der Waals surface area contributed by atoms with Crippen molar-refractivity contribution in [3.8, 4) is 0 Å². The van der Waals surface area contributed by atoms with Gasteiger partial charge in [-0.2, -0.15) is 13.2 Å². The highest BCUT2D eigenvalue weighted by Gasteiger charge is 2.34. The van der Waals surface area contributed by atoms with Crippen molar-refractivity contribution < 1.29 is 13.2 Å². The molecule has 0 spiro atoms. The lowest BCUT2D eigenvalue weighted by atomic mass is 10.1. The van der Waals surface area contributed by atoms with Gasteiger partial charge in [0, 0.05) is 25.3 Å². The first-order chi connectivity index (χ1) is 8.50. The second-order valence-electron chi connectivity index (χ2n) is 4.14. The van der Waals surface area contributed by atoms with Crippen LogP contribution in [-0.2, 0) is 6.18 Å². The summed E-state index contributed by atoms with van der Waals surface area (Å²) in [7, 11) is 0. The van der Waals surface area contributed by atoms with E-state index in [0.717, 1.165) is 18.9 Å². The van der Waals surface area contributed by atoms with Crippen LogP contribution in [0.1, 0.15) is 25.3 Å². The Bertz CT molecular complexity index is 363. The van der Waals surface area contributed by atoms with E-state index in [0.29, 0.717) is 19.6 Å². The predicted octanol–water partition coefficient (Wildman–Crippen LogP) is 3.27. The van der Waals surface area contributed by atoms with E-state index in [4.69, 9.17) is 5.73 Å². The predicted molar refractivity (Wildman–Crippen MR) is 67.6 cm³/mol. The van der Waals surface area contributed by atoms with Crippen molar-refractivity contribution in [3.05, 3.63) is 29.8 Å². The standard InChI is InChI=1S/C13H19F3N2/c1-2-3-9-18(10-8-17)12-7-5-4-6-11(12)13(14,15)16/h4-7H,2-3,8-10,17H2,1H3. The van der Waals surface area contributed by atoms with Gasteiger partial charge in [0.2, 0.25) is 0 Å². The molecule has 0 atom stereocenters. The molecule has 1 rings (SSSR count). The van der Waals surface area contributed by atoms with Gasteiger partial charge in [0.05, 0.1) is 5.56 Å². The van der Waals surface area contributed by atoms with Gasteiger partial charge in [0.15, 0.2) is 0 Å². The van der Waals surface area contributed by atoms with E-state index >= 15 is 0 Å². The van der Waals surface area contributed by atoms with Crippen LogP contribution in [0.4, 0.5) is 18.9 Å². The molecule has 0 saturated heterocycles. The molecular weight excluding hydrogens is 241 g/mol. The molecule has 102 valence electrons. The number of benzene rings is 1. The molecule has 0 aliphatic carbocycles. The number of rotatable bonds is 6. The van der Waals surface area contributed by atoms with Crippen molar-refractivity contribution in [2.24, 2.45) is 5.73 Å². The van der Waals surface area contributed by atoms with E-state index in [1.165, 1.54) is 12.1 Å². The normalized spacial score (nSPS) is 11.6. The largest absolute Gasteiger partial charge is 0.418 e. The number of hydrogen-bond acceptors (Lipinski definition) is 2. The molecular formula is C13H19F3N2. The fraction of sp³-hybridized carbons (Fsp3) is 0.538. The summed E-state index contributed by atoms with van der Waals surface area (Å²) in [6, 6.07) is 5.66. The van der Waals surface area contributed by atoms with Gasteiger partial charge < -0.3 is 10.6 Å². The van der Waals surface area contributed by atoms with Gasteiger partial charge in [-0.25, -0.2) is 0 Å². The van der Waals surface area contributed by atoms with E-state index < -0.39 is 11.7 Å². The Labute approximate surface area is 106 Å². The van der Waals surface area contributed by atoms with Crippen molar-refractivity contribution in [3.63, 3.8) is 0 Å². The third kappa shape index (κ3) is 3.91. The molecule has 2 nitrogen and oxygen atoms in total. The van der Waals surface area contributed by atoms with Crippen molar-refractivity contribution in [1.29, 1.82) is 0 Å². The summed E-state index contributed by atoms with van der Waals surface area (Å²) in [6.45, 7) is 3.39.